The number of methoxy groups -OCH3 is 2. The Morgan fingerprint density at radius 2 is 1.51 bits per heavy atom. The zero-order valence-electron chi connectivity index (χ0n) is 53.9. The first-order valence-corrected chi connectivity index (χ1v) is 31.7. The van der Waals surface area contributed by atoms with Gasteiger partial charge in [-0.2, -0.15) is 0 Å². The number of phenolic OH excluding ortho intramolecular Hbond substituents is 1. The van der Waals surface area contributed by atoms with E-state index in [4.69, 9.17) is 52.1 Å². The molecular formula is C72H77NO21. The van der Waals surface area contributed by atoms with Crippen LogP contribution in [0.5, 0.6) is 51.7 Å². The first kappa shape index (κ1) is 64.2. The molecule has 0 aromatic heterocycles. The second kappa shape index (κ2) is 23.7. The fourth-order valence-electron chi connectivity index (χ4n) is 15.5. The molecule has 4 aromatic carbocycles. The number of hydrogen-bond acceptors (Lipinski definition) is 21. The predicted molar refractivity (Wildman–Crippen MR) is 335 cm³/mol. The van der Waals surface area contributed by atoms with Crippen LogP contribution in [0.15, 0.2) is 101 Å². The number of ketones is 2. The largest absolute Gasteiger partial charge is 0.502 e. The predicted octanol–water partition coefficient (Wildman–Crippen LogP) is 8.09. The summed E-state index contributed by atoms with van der Waals surface area (Å²) in [7, 11) is 2.82. The summed E-state index contributed by atoms with van der Waals surface area (Å²) in [5.41, 5.74) is -0.804. The van der Waals surface area contributed by atoms with Crippen LogP contribution in [-0.2, 0) is 35.0 Å². The van der Waals surface area contributed by atoms with Crippen LogP contribution in [0.4, 0.5) is 0 Å². The summed E-state index contributed by atoms with van der Waals surface area (Å²) < 4.78 is 68.5. The summed E-state index contributed by atoms with van der Waals surface area (Å²) in [6, 6.07) is 11.6. The molecule has 1 amide bonds. The van der Waals surface area contributed by atoms with Crippen molar-refractivity contribution in [1.82, 2.24) is 5.32 Å². The van der Waals surface area contributed by atoms with Gasteiger partial charge in [-0.15, -0.1) is 0 Å². The summed E-state index contributed by atoms with van der Waals surface area (Å²) in [6.07, 6.45) is 4.76. The van der Waals surface area contributed by atoms with Crippen molar-refractivity contribution in [2.24, 2.45) is 23.7 Å². The Kier molecular flexibility index (Phi) is 16.2. The molecule has 94 heavy (non-hydrogen) atoms. The van der Waals surface area contributed by atoms with E-state index in [-0.39, 0.29) is 95.2 Å². The summed E-state index contributed by atoms with van der Waals surface area (Å²) in [4.78, 5) is 75.9. The van der Waals surface area contributed by atoms with Gasteiger partial charge in [0, 0.05) is 46.8 Å². The van der Waals surface area contributed by atoms with Crippen molar-refractivity contribution in [3.8, 4) is 51.7 Å². The summed E-state index contributed by atoms with van der Waals surface area (Å²) in [5, 5.41) is 55.3. The number of allylic oxidation sites excluding steroid dienone is 5. The van der Waals surface area contributed by atoms with E-state index in [1.54, 1.807) is 49.4 Å². The highest BCUT2D eigenvalue weighted by Gasteiger charge is 2.81. The zero-order valence-corrected chi connectivity index (χ0v) is 53.9. The number of benzene rings is 4. The Labute approximate surface area is 542 Å². The molecule has 1 saturated carbocycles. The highest BCUT2D eigenvalue weighted by atomic mass is 16.7. The van der Waals surface area contributed by atoms with Gasteiger partial charge in [-0.1, -0.05) is 35.5 Å². The first-order chi connectivity index (χ1) is 44.8. The Balaban J connectivity index is 0.880. The number of carbonyl (C=O) groups excluding carboxylic acids is 5. The molecule has 4 aromatic rings. The van der Waals surface area contributed by atoms with Crippen molar-refractivity contribution in [2.45, 2.75) is 153 Å². The lowest BCUT2D eigenvalue weighted by Gasteiger charge is -2.56. The van der Waals surface area contributed by atoms with E-state index in [1.165, 1.54) is 38.5 Å². The van der Waals surface area contributed by atoms with Crippen molar-refractivity contribution < 1.29 is 102 Å². The number of cyclic esters (lactones) is 1. The fraction of sp³-hybridized carbons (Fsp3) is 0.458. The summed E-state index contributed by atoms with van der Waals surface area (Å²) in [5.74, 6) is -5.24. The van der Waals surface area contributed by atoms with E-state index >= 15 is 14.4 Å². The minimum absolute atomic E-state index is 0.00938. The quantitative estimate of drug-likeness (QED) is 0.0252. The van der Waals surface area contributed by atoms with Crippen molar-refractivity contribution in [2.75, 3.05) is 34.2 Å². The molecule has 9 unspecified atom stereocenters. The van der Waals surface area contributed by atoms with Gasteiger partial charge in [0.25, 0.3) is 0 Å². The van der Waals surface area contributed by atoms with Crippen LogP contribution in [0.2, 0.25) is 0 Å². The maximum absolute atomic E-state index is 16.3. The van der Waals surface area contributed by atoms with Gasteiger partial charge in [0.05, 0.1) is 56.1 Å². The topological polar surface area (TPSA) is 300 Å². The number of rotatable bonds is 17. The Morgan fingerprint density at radius 3 is 2.18 bits per heavy atom. The van der Waals surface area contributed by atoms with Crippen molar-refractivity contribution in [3.63, 3.8) is 0 Å². The lowest BCUT2D eigenvalue weighted by atomic mass is 9.51. The number of amides is 1. The molecule has 4 fully saturated rings. The number of Topliss-reactive ketones (excluding diaryl/α,β-unsaturated/α-hetero) is 2. The van der Waals surface area contributed by atoms with Gasteiger partial charge in [-0.3, -0.25) is 19.2 Å². The third-order valence-electron chi connectivity index (χ3n) is 20.2. The minimum Gasteiger partial charge on any atom is -0.502 e. The van der Waals surface area contributed by atoms with Crippen LogP contribution in [0.3, 0.4) is 0 Å². The lowest BCUT2D eigenvalue weighted by Crippen LogP contribution is -2.72. The summed E-state index contributed by atoms with van der Waals surface area (Å²) >= 11 is 0. The van der Waals surface area contributed by atoms with Crippen molar-refractivity contribution in [3.05, 3.63) is 140 Å². The van der Waals surface area contributed by atoms with Gasteiger partial charge in [-0.25, -0.2) is 4.79 Å². The molecule has 496 valence electrons. The van der Waals surface area contributed by atoms with E-state index in [1.807, 2.05) is 60.6 Å². The molecule has 0 radical (unpaired) electrons. The number of phenols is 1. The van der Waals surface area contributed by atoms with E-state index < -0.39 is 119 Å². The number of aromatic hydroxyl groups is 1. The third kappa shape index (κ3) is 10.2. The molecule has 14 atom stereocenters. The molecule has 4 aliphatic carbocycles. The van der Waals surface area contributed by atoms with Gasteiger partial charge >= 0.3 is 11.9 Å². The lowest BCUT2D eigenvalue weighted by molar-refractivity contribution is -0.277. The molecule has 6 N–H and O–H groups in total. The second-order valence-corrected chi connectivity index (χ2v) is 27.0. The van der Waals surface area contributed by atoms with Crippen LogP contribution in [0.25, 0.3) is 6.08 Å². The standard InChI is InChI=1S/C72H77NO21/c1-33(2)12-11-21-70(8)22-20-41-61(92-70)40(18-13-34(3)4)63-54(62(41)91-66(82)36-14-16-39(17-15-36)89-68-60(79)59(78)58(77)50(30-74)90-68)56(75)45-24-38-27-51-69(6,7)94-71(64(38)80,72(45,51)93-63)23-19-35(5)65(81)73-55-43-29-47-46(87-32-88-47)28-42(43)52(53-44(55)31-86-67(53)83)37-25-48(84-9)57(76)49(26-37)85-10/h12-17,19-20,22,24-26,28-29,38,44,50-53,55,58-60,68,74,76-79H,11,18,21,23,27,30-32H2,1-10H3,(H,73,81)/t38?,44?,50-,51?,52?,53?,55?,58-,59-,60-,68-,70?,71?,72?/m1/s1. The monoisotopic (exact) mass is 1290 g/mol. The third-order valence-corrected chi connectivity index (χ3v) is 20.2. The molecule has 1 spiro atoms. The van der Waals surface area contributed by atoms with E-state index in [2.05, 4.69) is 11.4 Å². The van der Waals surface area contributed by atoms with E-state index in [0.29, 0.717) is 57.9 Å². The van der Waals surface area contributed by atoms with Crippen LogP contribution < -0.4 is 43.2 Å². The van der Waals surface area contributed by atoms with Gasteiger partial charge in [0.2, 0.25) is 24.7 Å². The molecule has 3 saturated heterocycles. The Bertz CT molecular complexity index is 3970. The number of aliphatic hydroxyl groups is 4. The maximum Gasteiger partial charge on any atom is 0.343 e. The zero-order chi connectivity index (χ0) is 66.8. The van der Waals surface area contributed by atoms with Crippen molar-refractivity contribution >= 4 is 35.5 Å². The van der Waals surface area contributed by atoms with E-state index in [9.17, 15) is 35.1 Å². The van der Waals surface area contributed by atoms with Crippen LogP contribution in [0.1, 0.15) is 142 Å². The number of nitrogens with one attached hydrogen (secondary N) is 1. The second-order valence-electron chi connectivity index (χ2n) is 27.0. The average molecular weight is 1290 g/mol. The van der Waals surface area contributed by atoms with E-state index in [0.717, 1.165) is 11.1 Å². The molecule has 4 bridgehead atoms. The molecular weight excluding hydrogens is 1210 g/mol. The van der Waals surface area contributed by atoms with Gasteiger partial charge in [0.15, 0.2) is 51.5 Å². The number of esters is 2. The normalized spacial score (nSPS) is 30.8. The molecule has 22 nitrogen and oxygen atoms in total. The number of ether oxygens (including phenoxy) is 11. The number of carbonyl (C=O) groups is 5. The number of fused-ring (bicyclic) bond motifs is 5. The first-order valence-electron chi connectivity index (χ1n) is 31.7. The molecule has 10 aliphatic rings. The molecule has 6 heterocycles. The Hall–Kier alpha value is -8.51. The average Bonchev–Trinajstić information content (AvgIpc) is 1.42. The SMILES string of the molecule is COc1cc(C2c3cc4c(cc3C(NC(=O)C(C)=CCC35OC(C)(C)C6CC(C=C7C(=O)c8c(OC(=O)c9ccc(O[C@@H]%10O[C@H](CO)[C@@H](O)[C@@H](O)[C@H]%10O)cc9)c9c(c(CC=C(C)C)c8OC763)OC(C)(CCC=C(C)C)C=C9)C5=O)C3COC(=O)C23)OCO4)cc(OC)c1O. The highest BCUT2D eigenvalue weighted by Crippen LogP contribution is 2.69. The maximum atomic E-state index is 16.3. The molecule has 14 rings (SSSR count). The van der Waals surface area contributed by atoms with Gasteiger partial charge in [0.1, 0.15) is 52.8 Å². The van der Waals surface area contributed by atoms with Crippen LogP contribution >= 0.6 is 0 Å². The number of hydrogen-bond donors (Lipinski definition) is 6. The fourth-order valence-corrected chi connectivity index (χ4v) is 15.5. The smallest absolute Gasteiger partial charge is 0.343 e. The molecule has 22 heteroatoms. The van der Waals surface area contributed by atoms with Crippen molar-refractivity contribution in [1.29, 1.82) is 0 Å². The van der Waals surface area contributed by atoms with Crippen LogP contribution in [0, 0.1) is 23.7 Å². The summed E-state index contributed by atoms with van der Waals surface area (Å²) in [6.45, 7) is 14.4. The minimum atomic E-state index is -1.91. The van der Waals surface area contributed by atoms with Crippen LogP contribution in [-0.4, -0.2) is 142 Å². The highest BCUT2D eigenvalue weighted by molar-refractivity contribution is 6.19. The van der Waals surface area contributed by atoms with Gasteiger partial charge in [-0.05, 0) is 158 Å². The Morgan fingerprint density at radius 1 is 0.819 bits per heavy atom. The van der Waals surface area contributed by atoms with Gasteiger partial charge < -0.3 is 83.0 Å². The molecule has 6 aliphatic heterocycles. The number of aliphatic hydroxyl groups excluding tert-OH is 4.